The molecule has 0 spiro atoms. The van der Waals surface area contributed by atoms with Gasteiger partial charge < -0.3 is 4.52 Å². The minimum atomic E-state index is 0.812. The van der Waals surface area contributed by atoms with Crippen LogP contribution < -0.4 is 0 Å². The maximum absolute atomic E-state index is 5.06. The fraction of sp³-hybridized carbons (Fsp3) is 1.00. The van der Waals surface area contributed by atoms with Crippen LogP contribution in [0.15, 0.2) is 0 Å². The van der Waals surface area contributed by atoms with Crippen LogP contribution in [-0.4, -0.2) is 6.61 Å². The molecule has 1 saturated carbocycles. The maximum Gasteiger partial charge on any atom is 0.0532 e. The molecule has 0 amide bonds. The fourth-order valence-corrected chi connectivity index (χ4v) is 2.28. The van der Waals surface area contributed by atoms with Gasteiger partial charge in [-0.1, -0.05) is 13.8 Å². The smallest absolute Gasteiger partial charge is 0.0532 e. The first kappa shape index (κ1) is 8.49. The summed E-state index contributed by atoms with van der Waals surface area (Å²) >= 11 is 0. The lowest BCUT2D eigenvalue weighted by atomic mass is 10.00. The van der Waals surface area contributed by atoms with Gasteiger partial charge in [0, 0.05) is 9.47 Å². The van der Waals surface area contributed by atoms with Gasteiger partial charge in [0.1, 0.15) is 0 Å². The summed E-state index contributed by atoms with van der Waals surface area (Å²) in [6.45, 7) is 5.59. The van der Waals surface area contributed by atoms with Gasteiger partial charge in [-0.05, 0) is 30.6 Å². The third-order valence-electron chi connectivity index (χ3n) is 2.59. The van der Waals surface area contributed by atoms with E-state index in [-0.39, 0.29) is 0 Å². The molecule has 0 heterocycles. The van der Waals surface area contributed by atoms with Crippen molar-refractivity contribution in [1.82, 2.24) is 0 Å². The van der Waals surface area contributed by atoms with Crippen molar-refractivity contribution >= 4 is 9.47 Å². The van der Waals surface area contributed by atoms with E-state index in [1.165, 1.54) is 12.8 Å². The second-order valence-corrected chi connectivity index (χ2v) is 3.98. The maximum atomic E-state index is 5.06. The predicted molar refractivity (Wildman–Crippen MR) is 46.7 cm³/mol. The molecular formula is C8H17OP. The van der Waals surface area contributed by atoms with Crippen molar-refractivity contribution in [1.29, 1.82) is 0 Å². The van der Waals surface area contributed by atoms with Crippen LogP contribution in [0.2, 0.25) is 0 Å². The molecule has 4 atom stereocenters. The quantitative estimate of drug-likeness (QED) is 0.564. The molecule has 0 radical (unpaired) electrons. The SMILES string of the molecule is CC1CC(C)[C@@H](COP)C1. The van der Waals surface area contributed by atoms with E-state index < -0.39 is 0 Å². The third-order valence-corrected chi connectivity index (χ3v) is 2.79. The zero-order chi connectivity index (χ0) is 7.56. The van der Waals surface area contributed by atoms with Gasteiger partial charge >= 0.3 is 0 Å². The molecule has 1 rings (SSSR count). The molecule has 0 N–H and O–H groups in total. The molecule has 10 heavy (non-hydrogen) atoms. The minimum Gasteiger partial charge on any atom is -0.365 e. The first-order valence-corrected chi connectivity index (χ1v) is 4.53. The molecule has 2 heteroatoms. The van der Waals surface area contributed by atoms with Crippen molar-refractivity contribution in [2.75, 3.05) is 6.61 Å². The first-order chi connectivity index (χ1) is 4.74. The Labute approximate surface area is 65.8 Å². The highest BCUT2D eigenvalue weighted by atomic mass is 31.0. The Morgan fingerprint density at radius 2 is 2.10 bits per heavy atom. The zero-order valence-corrected chi connectivity index (χ0v) is 7.99. The predicted octanol–water partition coefficient (Wildman–Crippen LogP) is 2.48. The summed E-state index contributed by atoms with van der Waals surface area (Å²) in [6.07, 6.45) is 2.74. The highest BCUT2D eigenvalue weighted by Crippen LogP contribution is 2.35. The molecular weight excluding hydrogens is 143 g/mol. The Morgan fingerprint density at radius 3 is 2.50 bits per heavy atom. The van der Waals surface area contributed by atoms with E-state index >= 15 is 0 Å². The zero-order valence-electron chi connectivity index (χ0n) is 6.84. The fourth-order valence-electron chi connectivity index (χ4n) is 2.03. The lowest BCUT2D eigenvalue weighted by Gasteiger charge is -2.12. The molecule has 0 aromatic carbocycles. The monoisotopic (exact) mass is 160 g/mol. The summed E-state index contributed by atoms with van der Waals surface area (Å²) in [5.41, 5.74) is 0. The van der Waals surface area contributed by atoms with Crippen molar-refractivity contribution in [2.24, 2.45) is 17.8 Å². The van der Waals surface area contributed by atoms with Crippen LogP contribution in [0.1, 0.15) is 26.7 Å². The topological polar surface area (TPSA) is 9.23 Å². The van der Waals surface area contributed by atoms with E-state index in [4.69, 9.17) is 4.52 Å². The van der Waals surface area contributed by atoms with Crippen LogP contribution in [0.5, 0.6) is 0 Å². The standard InChI is InChI=1S/C8H17OP/c1-6-3-7(2)8(4-6)5-9-10/h6-8H,3-5,10H2,1-2H3/t6?,7?,8-/m1/s1. The molecule has 0 aromatic rings. The summed E-state index contributed by atoms with van der Waals surface area (Å²) in [4.78, 5) is 0. The summed E-state index contributed by atoms with van der Waals surface area (Å²) < 4.78 is 5.06. The molecule has 0 saturated heterocycles. The number of hydrogen-bond donors (Lipinski definition) is 0. The lowest BCUT2D eigenvalue weighted by molar-refractivity contribution is 0.250. The summed E-state index contributed by atoms with van der Waals surface area (Å²) in [7, 11) is 2.34. The average molecular weight is 160 g/mol. The summed E-state index contributed by atoms with van der Waals surface area (Å²) in [5, 5.41) is 0. The van der Waals surface area contributed by atoms with Gasteiger partial charge in [0.2, 0.25) is 0 Å². The molecule has 0 aliphatic heterocycles. The second-order valence-electron chi connectivity index (χ2n) is 3.65. The van der Waals surface area contributed by atoms with E-state index in [1.807, 2.05) is 0 Å². The van der Waals surface area contributed by atoms with Gasteiger partial charge in [0.25, 0.3) is 0 Å². The molecule has 0 bridgehead atoms. The van der Waals surface area contributed by atoms with Crippen molar-refractivity contribution in [3.63, 3.8) is 0 Å². The van der Waals surface area contributed by atoms with Gasteiger partial charge in [-0.25, -0.2) is 0 Å². The molecule has 1 fully saturated rings. The van der Waals surface area contributed by atoms with Gasteiger partial charge in [-0.15, -0.1) is 0 Å². The van der Waals surface area contributed by atoms with Gasteiger partial charge in [-0.2, -0.15) is 0 Å². The number of rotatable bonds is 2. The van der Waals surface area contributed by atoms with Crippen LogP contribution >= 0.6 is 9.47 Å². The Hall–Kier alpha value is 0.390. The molecule has 1 nitrogen and oxygen atoms in total. The normalized spacial score (nSPS) is 40.5. The largest absolute Gasteiger partial charge is 0.365 e. The van der Waals surface area contributed by atoms with Crippen molar-refractivity contribution in [2.45, 2.75) is 26.7 Å². The Morgan fingerprint density at radius 1 is 1.40 bits per heavy atom. The van der Waals surface area contributed by atoms with Crippen LogP contribution in [0.3, 0.4) is 0 Å². The van der Waals surface area contributed by atoms with Crippen molar-refractivity contribution in [3.05, 3.63) is 0 Å². The van der Waals surface area contributed by atoms with E-state index in [2.05, 4.69) is 23.3 Å². The Bertz CT molecular complexity index is 105. The van der Waals surface area contributed by atoms with Crippen LogP contribution in [0.4, 0.5) is 0 Å². The Balaban J connectivity index is 2.31. The molecule has 0 aromatic heterocycles. The van der Waals surface area contributed by atoms with E-state index in [1.54, 1.807) is 0 Å². The highest BCUT2D eigenvalue weighted by molar-refractivity contribution is 7.09. The van der Waals surface area contributed by atoms with Crippen LogP contribution in [0.25, 0.3) is 0 Å². The minimum absolute atomic E-state index is 0.812. The molecule has 1 aliphatic rings. The van der Waals surface area contributed by atoms with Crippen LogP contribution in [-0.2, 0) is 4.52 Å². The molecule has 3 unspecified atom stereocenters. The van der Waals surface area contributed by atoms with Gasteiger partial charge in [0.05, 0.1) is 6.61 Å². The summed E-state index contributed by atoms with van der Waals surface area (Å²) in [6, 6.07) is 0. The summed E-state index contributed by atoms with van der Waals surface area (Å²) in [5.74, 6) is 2.60. The Kier molecular flexibility index (Phi) is 3.13. The average Bonchev–Trinajstić information content (AvgIpc) is 2.13. The van der Waals surface area contributed by atoms with Gasteiger partial charge in [-0.3, -0.25) is 0 Å². The third kappa shape index (κ3) is 1.93. The lowest BCUT2D eigenvalue weighted by Crippen LogP contribution is -2.08. The van der Waals surface area contributed by atoms with Crippen molar-refractivity contribution < 1.29 is 4.52 Å². The van der Waals surface area contributed by atoms with Gasteiger partial charge in [0.15, 0.2) is 0 Å². The van der Waals surface area contributed by atoms with Crippen molar-refractivity contribution in [3.8, 4) is 0 Å². The number of hydrogen-bond acceptors (Lipinski definition) is 1. The van der Waals surface area contributed by atoms with E-state index in [0.717, 1.165) is 24.4 Å². The highest BCUT2D eigenvalue weighted by Gasteiger charge is 2.28. The first-order valence-electron chi connectivity index (χ1n) is 4.05. The van der Waals surface area contributed by atoms with Crippen LogP contribution in [0, 0.1) is 17.8 Å². The van der Waals surface area contributed by atoms with E-state index in [0.29, 0.717) is 0 Å². The second kappa shape index (κ2) is 3.69. The molecule has 1 aliphatic carbocycles. The van der Waals surface area contributed by atoms with E-state index in [9.17, 15) is 0 Å². The molecule has 60 valence electrons.